The summed E-state index contributed by atoms with van der Waals surface area (Å²) in [6.07, 6.45) is 1.73. The minimum atomic E-state index is -0.602. The van der Waals surface area contributed by atoms with Crippen LogP contribution in [0.1, 0.15) is 12.5 Å². The monoisotopic (exact) mass is 385 g/mol. The van der Waals surface area contributed by atoms with Gasteiger partial charge in [-0.05, 0) is 36.8 Å². The van der Waals surface area contributed by atoms with Gasteiger partial charge in [-0.2, -0.15) is 0 Å². The van der Waals surface area contributed by atoms with E-state index in [0.29, 0.717) is 20.7 Å². The Morgan fingerprint density at radius 2 is 1.88 bits per heavy atom. The van der Waals surface area contributed by atoms with Gasteiger partial charge in [-0.25, -0.2) is 9.79 Å². The Morgan fingerprint density at radius 1 is 1.19 bits per heavy atom. The van der Waals surface area contributed by atoms with Crippen LogP contribution >= 0.6 is 23.4 Å². The van der Waals surface area contributed by atoms with E-state index >= 15 is 0 Å². The second kappa shape index (κ2) is 8.25. The van der Waals surface area contributed by atoms with E-state index in [2.05, 4.69) is 4.99 Å². The van der Waals surface area contributed by atoms with Gasteiger partial charge in [0.05, 0.1) is 17.2 Å². The number of aliphatic imine (C=N–C) groups is 1. The molecule has 0 radical (unpaired) electrons. The van der Waals surface area contributed by atoms with Crippen molar-refractivity contribution in [3.8, 4) is 0 Å². The quantitative estimate of drug-likeness (QED) is 0.702. The Bertz CT molecular complexity index is 920. The van der Waals surface area contributed by atoms with Gasteiger partial charge in [0.15, 0.2) is 0 Å². The zero-order valence-corrected chi connectivity index (χ0v) is 15.6. The molecule has 2 aromatic rings. The summed E-state index contributed by atoms with van der Waals surface area (Å²) in [6.45, 7) is 1.93. The van der Waals surface area contributed by atoms with Gasteiger partial charge in [-0.3, -0.25) is 0 Å². The van der Waals surface area contributed by atoms with Crippen molar-refractivity contribution in [1.82, 2.24) is 0 Å². The number of carbonyl (C=O) groups excluding carboxylic acids is 1. The van der Waals surface area contributed by atoms with Crippen LogP contribution in [0.25, 0.3) is 6.08 Å². The molecule has 0 bridgehead atoms. The molecular formula is C20H16ClNO3S. The molecule has 1 heterocycles. The summed E-state index contributed by atoms with van der Waals surface area (Å²) >= 11 is 7.40. The second-order valence-corrected chi connectivity index (χ2v) is 6.77. The van der Waals surface area contributed by atoms with Crippen molar-refractivity contribution in [2.75, 3.05) is 6.61 Å². The third-order valence-corrected chi connectivity index (χ3v) is 4.91. The first-order chi connectivity index (χ1) is 12.6. The maximum Gasteiger partial charge on any atom is 0.344 e. The highest BCUT2D eigenvalue weighted by molar-refractivity contribution is 8.18. The maximum absolute atomic E-state index is 12.3. The van der Waals surface area contributed by atoms with E-state index in [-0.39, 0.29) is 17.9 Å². The standard InChI is InChI=1S/C20H16ClNO3S/c1-2-25-20(24)17-18(23)16(12-13-8-6-7-11-15(13)21)26-19(17)22-14-9-4-3-5-10-14/h3-12,23H,2H2,1H3/b16-12-,22-19?. The first-order valence-electron chi connectivity index (χ1n) is 7.99. The molecule has 3 rings (SSSR count). The molecule has 1 aliphatic rings. The van der Waals surface area contributed by atoms with Gasteiger partial charge >= 0.3 is 5.97 Å². The molecule has 0 atom stereocenters. The number of thioether (sulfide) groups is 1. The van der Waals surface area contributed by atoms with Crippen molar-refractivity contribution in [2.24, 2.45) is 4.99 Å². The SMILES string of the molecule is CCOC(=O)C1=C(O)/C(=C/c2ccccc2Cl)SC1=Nc1ccccc1. The number of para-hydroxylation sites is 1. The molecule has 0 aromatic heterocycles. The number of benzene rings is 2. The number of hydrogen-bond donors (Lipinski definition) is 1. The zero-order valence-electron chi connectivity index (χ0n) is 14.0. The fourth-order valence-corrected chi connectivity index (χ4v) is 3.56. The molecule has 26 heavy (non-hydrogen) atoms. The molecule has 0 fully saturated rings. The largest absolute Gasteiger partial charge is 0.506 e. The fraction of sp³-hybridized carbons (Fsp3) is 0.100. The number of hydrogen-bond acceptors (Lipinski definition) is 5. The van der Waals surface area contributed by atoms with Crippen molar-refractivity contribution in [3.63, 3.8) is 0 Å². The van der Waals surface area contributed by atoms with Crippen LogP contribution in [0.5, 0.6) is 0 Å². The van der Waals surface area contributed by atoms with Gasteiger partial charge in [0.1, 0.15) is 16.4 Å². The summed E-state index contributed by atoms with van der Waals surface area (Å²) in [4.78, 5) is 17.3. The van der Waals surface area contributed by atoms with E-state index in [4.69, 9.17) is 16.3 Å². The number of ether oxygens (including phenoxy) is 1. The van der Waals surface area contributed by atoms with E-state index in [1.165, 1.54) is 11.8 Å². The molecule has 1 aliphatic heterocycles. The van der Waals surface area contributed by atoms with Crippen LogP contribution in [-0.4, -0.2) is 22.7 Å². The zero-order chi connectivity index (χ0) is 18.5. The number of esters is 1. The second-order valence-electron chi connectivity index (χ2n) is 5.33. The van der Waals surface area contributed by atoms with Crippen molar-refractivity contribution in [2.45, 2.75) is 6.92 Å². The highest BCUT2D eigenvalue weighted by Gasteiger charge is 2.33. The van der Waals surface area contributed by atoms with E-state index < -0.39 is 5.97 Å². The molecule has 4 nitrogen and oxygen atoms in total. The molecule has 2 aromatic carbocycles. The molecular weight excluding hydrogens is 370 g/mol. The van der Waals surface area contributed by atoms with Gasteiger partial charge in [0.25, 0.3) is 0 Å². The molecule has 0 spiro atoms. The van der Waals surface area contributed by atoms with Gasteiger partial charge in [0.2, 0.25) is 0 Å². The van der Waals surface area contributed by atoms with Crippen LogP contribution in [-0.2, 0) is 9.53 Å². The van der Waals surface area contributed by atoms with Crippen LogP contribution in [0.15, 0.2) is 75.8 Å². The summed E-state index contributed by atoms with van der Waals surface area (Å²) in [6, 6.07) is 16.5. The van der Waals surface area contributed by atoms with Crippen molar-refractivity contribution in [3.05, 3.63) is 81.4 Å². The molecule has 0 aliphatic carbocycles. The van der Waals surface area contributed by atoms with Crippen LogP contribution in [0, 0.1) is 0 Å². The van der Waals surface area contributed by atoms with Crippen LogP contribution in [0.4, 0.5) is 5.69 Å². The molecule has 6 heteroatoms. The van der Waals surface area contributed by atoms with Crippen molar-refractivity contribution >= 4 is 46.1 Å². The summed E-state index contributed by atoms with van der Waals surface area (Å²) in [5.74, 6) is -0.752. The average Bonchev–Trinajstić information content (AvgIpc) is 2.93. The smallest absolute Gasteiger partial charge is 0.344 e. The number of rotatable bonds is 4. The third kappa shape index (κ3) is 4.00. The molecule has 0 unspecified atom stereocenters. The van der Waals surface area contributed by atoms with Crippen molar-refractivity contribution in [1.29, 1.82) is 0 Å². The Labute approximate surface area is 160 Å². The third-order valence-electron chi connectivity index (χ3n) is 3.55. The van der Waals surface area contributed by atoms with Gasteiger partial charge < -0.3 is 9.84 Å². The van der Waals surface area contributed by atoms with Crippen LogP contribution in [0.3, 0.4) is 0 Å². The normalized spacial score (nSPS) is 17.2. The summed E-state index contributed by atoms with van der Waals surface area (Å²) in [5.41, 5.74) is 1.50. The minimum absolute atomic E-state index is 0.0685. The minimum Gasteiger partial charge on any atom is -0.506 e. The Kier molecular flexibility index (Phi) is 5.81. The number of carbonyl (C=O) groups is 1. The van der Waals surface area contributed by atoms with E-state index in [1.54, 1.807) is 19.1 Å². The predicted molar refractivity (Wildman–Crippen MR) is 107 cm³/mol. The fourth-order valence-electron chi connectivity index (χ4n) is 2.34. The molecule has 0 saturated carbocycles. The summed E-state index contributed by atoms with van der Waals surface area (Å²) in [5, 5.41) is 11.6. The Hall–Kier alpha value is -2.50. The molecule has 132 valence electrons. The lowest BCUT2D eigenvalue weighted by molar-refractivity contribution is -0.138. The summed E-state index contributed by atoms with van der Waals surface area (Å²) < 4.78 is 5.08. The maximum atomic E-state index is 12.3. The van der Waals surface area contributed by atoms with Gasteiger partial charge in [0, 0.05) is 5.02 Å². The highest BCUT2D eigenvalue weighted by atomic mass is 35.5. The molecule has 1 N–H and O–H groups in total. The first kappa shape index (κ1) is 18.3. The Balaban J connectivity index is 2.06. The Morgan fingerprint density at radius 3 is 2.58 bits per heavy atom. The number of aliphatic hydroxyl groups excluding tert-OH is 1. The van der Waals surface area contributed by atoms with E-state index in [9.17, 15) is 9.90 Å². The molecule has 0 amide bonds. The number of halogens is 1. The average molecular weight is 386 g/mol. The topological polar surface area (TPSA) is 58.9 Å². The van der Waals surface area contributed by atoms with Crippen LogP contribution in [0.2, 0.25) is 5.02 Å². The number of nitrogens with zero attached hydrogens (tertiary/aromatic N) is 1. The predicted octanol–water partition coefficient (Wildman–Crippen LogP) is 5.53. The lowest BCUT2D eigenvalue weighted by atomic mass is 10.1. The van der Waals surface area contributed by atoms with Crippen molar-refractivity contribution < 1.29 is 14.6 Å². The lowest BCUT2D eigenvalue weighted by Crippen LogP contribution is -2.12. The first-order valence-corrected chi connectivity index (χ1v) is 9.18. The highest BCUT2D eigenvalue weighted by Crippen LogP contribution is 2.40. The van der Waals surface area contributed by atoms with E-state index in [1.807, 2.05) is 48.5 Å². The lowest BCUT2D eigenvalue weighted by Gasteiger charge is -2.03. The molecule has 0 saturated heterocycles. The summed E-state index contributed by atoms with van der Waals surface area (Å²) in [7, 11) is 0. The van der Waals surface area contributed by atoms with Gasteiger partial charge in [-0.1, -0.05) is 59.8 Å². The van der Waals surface area contributed by atoms with Crippen LogP contribution < -0.4 is 0 Å². The van der Waals surface area contributed by atoms with Gasteiger partial charge in [-0.15, -0.1) is 0 Å². The van der Waals surface area contributed by atoms with E-state index in [0.717, 1.165) is 5.56 Å². The number of aliphatic hydroxyl groups is 1.